The number of ether oxygens (including phenoxy) is 1. The first-order valence-electron chi connectivity index (χ1n) is 8.95. The number of fused-ring (bicyclic) bond motifs is 1. The zero-order valence-corrected chi connectivity index (χ0v) is 17.6. The number of amides is 1. The Labute approximate surface area is 171 Å². The summed E-state index contributed by atoms with van der Waals surface area (Å²) in [5, 5.41) is 0.532. The molecule has 1 atom stereocenters. The molecule has 3 aromatic rings. The highest BCUT2D eigenvalue weighted by atomic mass is 79.9. The van der Waals surface area contributed by atoms with Gasteiger partial charge in [0.15, 0.2) is 0 Å². The van der Waals surface area contributed by atoms with Gasteiger partial charge in [0.2, 0.25) is 5.91 Å². The molecule has 0 bridgehead atoms. The van der Waals surface area contributed by atoms with Crippen molar-refractivity contribution in [1.29, 1.82) is 0 Å². The van der Waals surface area contributed by atoms with Gasteiger partial charge in [0.25, 0.3) is 5.56 Å². The Bertz CT molecular complexity index is 1050. The Balaban J connectivity index is 1.69. The Kier molecular flexibility index (Phi) is 6.14. The molecule has 1 aromatic heterocycles. The Hall–Kier alpha value is -2.67. The molecule has 28 heavy (non-hydrogen) atoms. The van der Waals surface area contributed by atoms with Crippen LogP contribution in [0.3, 0.4) is 0 Å². The SMILES string of the molecule is COc1ccc(C(C)N(C)C(=O)CCn2cnc3ccc(Br)cc3c2=O)cc1. The normalized spacial score (nSPS) is 12.0. The van der Waals surface area contributed by atoms with Gasteiger partial charge in [0, 0.05) is 24.5 Å². The van der Waals surface area contributed by atoms with Gasteiger partial charge in [-0.15, -0.1) is 0 Å². The van der Waals surface area contributed by atoms with E-state index in [0.717, 1.165) is 15.8 Å². The molecule has 2 aromatic carbocycles. The summed E-state index contributed by atoms with van der Waals surface area (Å²) in [7, 11) is 3.39. The highest BCUT2D eigenvalue weighted by Gasteiger charge is 2.18. The van der Waals surface area contributed by atoms with Crippen LogP contribution >= 0.6 is 15.9 Å². The van der Waals surface area contributed by atoms with Crippen LogP contribution in [0, 0.1) is 0 Å². The highest BCUT2D eigenvalue weighted by molar-refractivity contribution is 9.10. The van der Waals surface area contributed by atoms with Gasteiger partial charge >= 0.3 is 0 Å². The Morgan fingerprint density at radius 1 is 1.25 bits per heavy atom. The quantitative estimate of drug-likeness (QED) is 0.581. The van der Waals surface area contributed by atoms with E-state index in [1.807, 2.05) is 37.3 Å². The molecule has 0 aliphatic rings. The van der Waals surface area contributed by atoms with E-state index in [1.165, 1.54) is 10.9 Å². The number of aryl methyl sites for hydroxylation is 1. The summed E-state index contributed by atoms with van der Waals surface area (Å²) < 4.78 is 7.48. The van der Waals surface area contributed by atoms with E-state index in [9.17, 15) is 9.59 Å². The lowest BCUT2D eigenvalue weighted by Crippen LogP contribution is -2.31. The van der Waals surface area contributed by atoms with E-state index in [2.05, 4.69) is 20.9 Å². The first-order chi connectivity index (χ1) is 13.4. The molecule has 0 spiro atoms. The minimum atomic E-state index is -0.148. The van der Waals surface area contributed by atoms with E-state index in [4.69, 9.17) is 4.74 Å². The molecule has 7 heteroatoms. The first-order valence-corrected chi connectivity index (χ1v) is 9.74. The molecule has 0 saturated carbocycles. The fourth-order valence-corrected chi connectivity index (χ4v) is 3.37. The number of benzene rings is 2. The monoisotopic (exact) mass is 443 g/mol. The van der Waals surface area contributed by atoms with Crippen molar-refractivity contribution in [2.24, 2.45) is 0 Å². The van der Waals surface area contributed by atoms with Crippen molar-refractivity contribution >= 4 is 32.7 Å². The molecule has 0 N–H and O–H groups in total. The van der Waals surface area contributed by atoms with Gasteiger partial charge < -0.3 is 9.64 Å². The number of nitrogens with zero attached hydrogens (tertiary/aromatic N) is 3. The van der Waals surface area contributed by atoms with Crippen LogP contribution in [0.15, 0.2) is 58.1 Å². The van der Waals surface area contributed by atoms with E-state index in [-0.39, 0.29) is 30.5 Å². The van der Waals surface area contributed by atoms with Crippen molar-refractivity contribution in [2.45, 2.75) is 25.9 Å². The third-order valence-corrected chi connectivity index (χ3v) is 5.42. The topological polar surface area (TPSA) is 64.4 Å². The second-order valence-electron chi connectivity index (χ2n) is 6.61. The predicted molar refractivity (Wildman–Crippen MR) is 112 cm³/mol. The van der Waals surface area contributed by atoms with Gasteiger partial charge in [-0.05, 0) is 42.8 Å². The summed E-state index contributed by atoms with van der Waals surface area (Å²) in [6.07, 6.45) is 1.72. The lowest BCUT2D eigenvalue weighted by Gasteiger charge is -2.25. The lowest BCUT2D eigenvalue weighted by atomic mass is 10.1. The van der Waals surface area contributed by atoms with Gasteiger partial charge in [0.1, 0.15) is 5.75 Å². The molecule has 6 nitrogen and oxygen atoms in total. The minimum Gasteiger partial charge on any atom is -0.497 e. The molecule has 1 amide bonds. The van der Waals surface area contributed by atoms with Crippen molar-refractivity contribution in [3.05, 3.63) is 69.2 Å². The molecule has 3 rings (SSSR count). The third-order valence-electron chi connectivity index (χ3n) is 4.93. The Morgan fingerprint density at radius 2 is 1.96 bits per heavy atom. The maximum absolute atomic E-state index is 12.6. The zero-order chi connectivity index (χ0) is 20.3. The number of carbonyl (C=O) groups excluding carboxylic acids is 1. The number of aromatic nitrogens is 2. The number of carbonyl (C=O) groups is 1. The second-order valence-corrected chi connectivity index (χ2v) is 7.52. The second kappa shape index (κ2) is 8.56. The molecule has 0 fully saturated rings. The first kappa shape index (κ1) is 20.1. The van der Waals surface area contributed by atoms with Gasteiger partial charge in [-0.1, -0.05) is 28.1 Å². The summed E-state index contributed by atoms with van der Waals surface area (Å²) in [6.45, 7) is 2.26. The van der Waals surface area contributed by atoms with Crippen molar-refractivity contribution < 1.29 is 9.53 Å². The zero-order valence-electron chi connectivity index (χ0n) is 16.1. The molecule has 146 valence electrons. The molecule has 0 aliphatic heterocycles. The molecule has 0 aliphatic carbocycles. The van der Waals surface area contributed by atoms with Crippen LogP contribution in [0.5, 0.6) is 5.75 Å². The van der Waals surface area contributed by atoms with E-state index >= 15 is 0 Å². The number of methoxy groups -OCH3 is 1. The van der Waals surface area contributed by atoms with E-state index in [0.29, 0.717) is 10.9 Å². The van der Waals surface area contributed by atoms with Crippen LogP contribution < -0.4 is 10.3 Å². The third kappa shape index (κ3) is 4.25. The Morgan fingerprint density at radius 3 is 2.64 bits per heavy atom. The number of hydrogen-bond acceptors (Lipinski definition) is 4. The maximum atomic E-state index is 12.6. The summed E-state index contributed by atoms with van der Waals surface area (Å²) in [6, 6.07) is 13.0. The van der Waals surface area contributed by atoms with Crippen LogP contribution in [-0.2, 0) is 11.3 Å². The fourth-order valence-electron chi connectivity index (χ4n) is 3.00. The molecule has 0 radical (unpaired) electrons. The van der Waals surface area contributed by atoms with Gasteiger partial charge in [-0.3, -0.25) is 14.2 Å². The van der Waals surface area contributed by atoms with Crippen molar-refractivity contribution in [2.75, 3.05) is 14.2 Å². The number of halogens is 1. The average molecular weight is 444 g/mol. The summed E-state index contributed by atoms with van der Waals surface area (Å²) >= 11 is 3.37. The summed E-state index contributed by atoms with van der Waals surface area (Å²) in [5.74, 6) is 0.740. The molecular weight excluding hydrogens is 422 g/mol. The predicted octanol–water partition coefficient (Wildman–Crippen LogP) is 3.78. The maximum Gasteiger partial charge on any atom is 0.261 e. The minimum absolute atomic E-state index is 0.0374. The molecular formula is C21H22BrN3O3. The van der Waals surface area contributed by atoms with Crippen LogP contribution in [0.4, 0.5) is 0 Å². The fraction of sp³-hybridized carbons (Fsp3) is 0.286. The van der Waals surface area contributed by atoms with Gasteiger partial charge in [-0.2, -0.15) is 0 Å². The van der Waals surface area contributed by atoms with Gasteiger partial charge in [-0.25, -0.2) is 4.98 Å². The summed E-state index contributed by atoms with van der Waals surface area (Å²) in [4.78, 5) is 31.3. The van der Waals surface area contributed by atoms with Crippen LogP contribution in [0.25, 0.3) is 10.9 Å². The average Bonchev–Trinajstić information content (AvgIpc) is 2.72. The van der Waals surface area contributed by atoms with E-state index in [1.54, 1.807) is 31.2 Å². The molecule has 0 saturated heterocycles. The number of rotatable bonds is 6. The standard InChI is InChI=1S/C21H22BrN3O3/c1-14(15-4-7-17(28-3)8-5-15)24(2)20(26)10-11-25-13-23-19-9-6-16(22)12-18(19)21(25)27/h4-9,12-14H,10-11H2,1-3H3. The lowest BCUT2D eigenvalue weighted by molar-refractivity contribution is -0.132. The van der Waals surface area contributed by atoms with Crippen LogP contribution in [0.2, 0.25) is 0 Å². The van der Waals surface area contributed by atoms with Crippen LogP contribution in [-0.4, -0.2) is 34.5 Å². The van der Waals surface area contributed by atoms with Crippen LogP contribution in [0.1, 0.15) is 24.9 Å². The number of hydrogen-bond donors (Lipinski definition) is 0. The highest BCUT2D eigenvalue weighted by Crippen LogP contribution is 2.22. The van der Waals surface area contributed by atoms with E-state index < -0.39 is 0 Å². The van der Waals surface area contributed by atoms with Crippen molar-refractivity contribution in [3.63, 3.8) is 0 Å². The largest absolute Gasteiger partial charge is 0.497 e. The van der Waals surface area contributed by atoms with Crippen molar-refractivity contribution in [3.8, 4) is 5.75 Å². The summed E-state index contributed by atoms with van der Waals surface area (Å²) in [5.41, 5.74) is 1.51. The molecule has 1 unspecified atom stereocenters. The smallest absolute Gasteiger partial charge is 0.261 e. The van der Waals surface area contributed by atoms with Crippen molar-refractivity contribution in [1.82, 2.24) is 14.5 Å². The van der Waals surface area contributed by atoms with Gasteiger partial charge in [0.05, 0.1) is 30.4 Å². The molecule has 1 heterocycles.